The van der Waals surface area contributed by atoms with Gasteiger partial charge in [-0.1, -0.05) is 24.6 Å². The van der Waals surface area contributed by atoms with Crippen LogP contribution in [0, 0.1) is 0 Å². The number of aromatic nitrogens is 2. The van der Waals surface area contributed by atoms with E-state index in [0.29, 0.717) is 23.6 Å². The maximum absolute atomic E-state index is 12.8. The van der Waals surface area contributed by atoms with Gasteiger partial charge in [-0.05, 0) is 37.5 Å². The van der Waals surface area contributed by atoms with E-state index in [9.17, 15) is 4.79 Å². The van der Waals surface area contributed by atoms with Crippen LogP contribution in [0.25, 0.3) is 5.69 Å². The van der Waals surface area contributed by atoms with Crippen molar-refractivity contribution in [3.63, 3.8) is 0 Å². The SMILES string of the molecule is CCc1c(C(=O)N2CCCC(N)C2)cnn1-c1cccc(Cl)c1.Cl. The Morgan fingerprint density at radius 2 is 2.25 bits per heavy atom. The number of hydrogen-bond donors (Lipinski definition) is 1. The van der Waals surface area contributed by atoms with Crippen LogP contribution in [0.1, 0.15) is 35.8 Å². The summed E-state index contributed by atoms with van der Waals surface area (Å²) in [5.74, 6) is 0.0188. The van der Waals surface area contributed by atoms with E-state index in [1.807, 2.05) is 36.1 Å². The Kier molecular flexibility index (Phi) is 6.27. The third kappa shape index (κ3) is 3.74. The molecule has 1 aliphatic heterocycles. The van der Waals surface area contributed by atoms with E-state index in [0.717, 1.165) is 30.8 Å². The molecule has 0 spiro atoms. The number of amides is 1. The Balaban J connectivity index is 0.00000208. The third-order valence-corrected chi connectivity index (χ3v) is 4.47. The van der Waals surface area contributed by atoms with Crippen LogP contribution in [0.4, 0.5) is 0 Å². The monoisotopic (exact) mass is 368 g/mol. The van der Waals surface area contributed by atoms with Crippen molar-refractivity contribution in [1.82, 2.24) is 14.7 Å². The number of hydrogen-bond acceptors (Lipinski definition) is 3. The van der Waals surface area contributed by atoms with Crippen LogP contribution in [0.3, 0.4) is 0 Å². The maximum Gasteiger partial charge on any atom is 0.257 e. The first kappa shape index (κ1) is 18.8. The van der Waals surface area contributed by atoms with Crippen molar-refractivity contribution in [2.45, 2.75) is 32.2 Å². The molecule has 1 saturated heterocycles. The molecule has 0 saturated carbocycles. The molecule has 0 bridgehead atoms. The van der Waals surface area contributed by atoms with Crippen LogP contribution >= 0.6 is 24.0 Å². The lowest BCUT2D eigenvalue weighted by Crippen LogP contribution is -2.45. The molecular formula is C17H22Cl2N4O. The molecule has 130 valence electrons. The van der Waals surface area contributed by atoms with E-state index in [-0.39, 0.29) is 24.4 Å². The first-order chi connectivity index (χ1) is 11.1. The number of benzene rings is 1. The summed E-state index contributed by atoms with van der Waals surface area (Å²) in [7, 11) is 0. The van der Waals surface area contributed by atoms with E-state index >= 15 is 0 Å². The van der Waals surface area contributed by atoms with E-state index in [1.165, 1.54) is 0 Å². The molecule has 3 rings (SSSR count). The molecule has 7 heteroatoms. The quantitative estimate of drug-likeness (QED) is 0.905. The van der Waals surface area contributed by atoms with Crippen LogP contribution in [0.5, 0.6) is 0 Å². The summed E-state index contributed by atoms with van der Waals surface area (Å²) in [5.41, 5.74) is 8.41. The zero-order valence-electron chi connectivity index (χ0n) is 13.6. The zero-order valence-corrected chi connectivity index (χ0v) is 15.2. The Hall–Kier alpha value is -1.56. The molecule has 0 aliphatic carbocycles. The molecule has 1 fully saturated rings. The van der Waals surface area contributed by atoms with Gasteiger partial charge in [0.2, 0.25) is 0 Å². The van der Waals surface area contributed by atoms with Crippen LogP contribution in [-0.4, -0.2) is 39.7 Å². The topological polar surface area (TPSA) is 64.2 Å². The lowest BCUT2D eigenvalue weighted by atomic mass is 10.1. The van der Waals surface area contributed by atoms with Crippen LogP contribution in [0.2, 0.25) is 5.02 Å². The van der Waals surface area contributed by atoms with E-state index < -0.39 is 0 Å². The normalized spacial score (nSPS) is 17.5. The largest absolute Gasteiger partial charge is 0.337 e. The molecule has 1 aliphatic rings. The lowest BCUT2D eigenvalue weighted by molar-refractivity contribution is 0.0707. The van der Waals surface area contributed by atoms with Gasteiger partial charge in [-0.3, -0.25) is 4.79 Å². The molecule has 1 atom stereocenters. The van der Waals surface area contributed by atoms with Gasteiger partial charge in [0.05, 0.1) is 23.1 Å². The summed E-state index contributed by atoms with van der Waals surface area (Å²) >= 11 is 6.07. The predicted octanol–water partition coefficient (Wildman–Crippen LogP) is 3.07. The highest BCUT2D eigenvalue weighted by Crippen LogP contribution is 2.21. The van der Waals surface area contributed by atoms with E-state index in [2.05, 4.69) is 5.10 Å². The van der Waals surface area contributed by atoms with Crippen molar-refractivity contribution in [3.8, 4) is 5.69 Å². The smallest absolute Gasteiger partial charge is 0.257 e. The number of piperidine rings is 1. The van der Waals surface area contributed by atoms with Crippen molar-refractivity contribution in [1.29, 1.82) is 0 Å². The third-order valence-electron chi connectivity index (χ3n) is 4.23. The summed E-state index contributed by atoms with van der Waals surface area (Å²) in [6.07, 6.45) is 4.30. The van der Waals surface area contributed by atoms with E-state index in [4.69, 9.17) is 17.3 Å². The average molecular weight is 369 g/mol. The number of halogens is 2. The molecule has 5 nitrogen and oxygen atoms in total. The van der Waals surface area contributed by atoms with Crippen LogP contribution < -0.4 is 5.73 Å². The fraction of sp³-hybridized carbons (Fsp3) is 0.412. The van der Waals surface area contributed by atoms with Crippen molar-refractivity contribution in [3.05, 3.63) is 46.7 Å². The standard InChI is InChI=1S/C17H21ClN4O.ClH/c1-2-16-15(17(23)21-8-4-6-13(19)11-21)10-20-22(16)14-7-3-5-12(18)9-14;/h3,5,7,9-10,13H,2,4,6,8,11,19H2,1H3;1H. The minimum atomic E-state index is 0. The number of nitrogens with zero attached hydrogens (tertiary/aromatic N) is 3. The number of rotatable bonds is 3. The second-order valence-electron chi connectivity index (χ2n) is 5.90. The molecular weight excluding hydrogens is 347 g/mol. The molecule has 24 heavy (non-hydrogen) atoms. The van der Waals surface area contributed by atoms with Crippen molar-refractivity contribution >= 4 is 29.9 Å². The molecule has 1 unspecified atom stereocenters. The molecule has 1 aromatic carbocycles. The Bertz CT molecular complexity index is 716. The Labute approximate surface area is 153 Å². The van der Waals surface area contributed by atoms with Gasteiger partial charge < -0.3 is 10.6 Å². The predicted molar refractivity (Wildman–Crippen MR) is 98.3 cm³/mol. The highest BCUT2D eigenvalue weighted by molar-refractivity contribution is 6.30. The summed E-state index contributed by atoms with van der Waals surface area (Å²) in [6, 6.07) is 7.55. The lowest BCUT2D eigenvalue weighted by Gasteiger charge is -2.30. The maximum atomic E-state index is 12.8. The van der Waals surface area contributed by atoms with Gasteiger partial charge >= 0.3 is 0 Å². The first-order valence-corrected chi connectivity index (χ1v) is 8.35. The summed E-state index contributed by atoms with van der Waals surface area (Å²) in [6.45, 7) is 3.40. The zero-order chi connectivity index (χ0) is 16.4. The Morgan fingerprint density at radius 3 is 2.92 bits per heavy atom. The van der Waals surface area contributed by atoms with Crippen molar-refractivity contribution in [2.24, 2.45) is 5.73 Å². The van der Waals surface area contributed by atoms with Crippen LogP contribution in [0.15, 0.2) is 30.5 Å². The number of carbonyl (C=O) groups is 1. The summed E-state index contributed by atoms with van der Waals surface area (Å²) in [5, 5.41) is 5.06. The van der Waals surface area contributed by atoms with Crippen molar-refractivity contribution < 1.29 is 4.79 Å². The number of carbonyl (C=O) groups excluding carboxylic acids is 1. The summed E-state index contributed by atoms with van der Waals surface area (Å²) in [4.78, 5) is 14.7. The van der Waals surface area contributed by atoms with Gasteiger partial charge in [0.15, 0.2) is 0 Å². The van der Waals surface area contributed by atoms with Crippen LogP contribution in [-0.2, 0) is 6.42 Å². The average Bonchev–Trinajstić information content (AvgIpc) is 2.98. The highest BCUT2D eigenvalue weighted by atomic mass is 35.5. The van der Waals surface area contributed by atoms with Gasteiger partial charge in [-0.15, -0.1) is 12.4 Å². The van der Waals surface area contributed by atoms with Crippen molar-refractivity contribution in [2.75, 3.05) is 13.1 Å². The first-order valence-electron chi connectivity index (χ1n) is 7.98. The molecule has 1 aromatic heterocycles. The number of nitrogens with two attached hydrogens (primary N) is 1. The van der Waals surface area contributed by atoms with Gasteiger partial charge in [0.25, 0.3) is 5.91 Å². The van der Waals surface area contributed by atoms with Gasteiger partial charge in [-0.25, -0.2) is 4.68 Å². The molecule has 2 heterocycles. The van der Waals surface area contributed by atoms with Gasteiger partial charge in [0, 0.05) is 24.2 Å². The highest BCUT2D eigenvalue weighted by Gasteiger charge is 2.26. The molecule has 2 aromatic rings. The van der Waals surface area contributed by atoms with Gasteiger partial charge in [-0.2, -0.15) is 5.10 Å². The minimum absolute atomic E-state index is 0. The molecule has 1 amide bonds. The Morgan fingerprint density at radius 1 is 1.46 bits per heavy atom. The fourth-order valence-corrected chi connectivity index (χ4v) is 3.27. The second-order valence-corrected chi connectivity index (χ2v) is 6.34. The fourth-order valence-electron chi connectivity index (χ4n) is 3.09. The number of likely N-dealkylation sites (tertiary alicyclic amines) is 1. The second kappa shape index (κ2) is 8.01. The summed E-state index contributed by atoms with van der Waals surface area (Å²) < 4.78 is 1.79. The van der Waals surface area contributed by atoms with Gasteiger partial charge in [0.1, 0.15) is 0 Å². The van der Waals surface area contributed by atoms with E-state index in [1.54, 1.807) is 10.9 Å². The molecule has 2 N–H and O–H groups in total. The minimum Gasteiger partial charge on any atom is -0.337 e. The molecule has 0 radical (unpaired) electrons.